The second-order valence-corrected chi connectivity index (χ2v) is 4.94. The van der Waals surface area contributed by atoms with Crippen molar-refractivity contribution in [1.29, 1.82) is 0 Å². The van der Waals surface area contributed by atoms with Crippen molar-refractivity contribution in [2.75, 3.05) is 13.2 Å². The highest BCUT2D eigenvalue weighted by Gasteiger charge is 2.18. The number of rotatable bonds is 3. The summed E-state index contributed by atoms with van der Waals surface area (Å²) in [4.78, 5) is 0. The van der Waals surface area contributed by atoms with E-state index in [-0.39, 0.29) is 12.1 Å². The molecule has 4 heteroatoms. The summed E-state index contributed by atoms with van der Waals surface area (Å²) in [5.41, 5.74) is 6.91. The van der Waals surface area contributed by atoms with Crippen LogP contribution in [0, 0.1) is 0 Å². The van der Waals surface area contributed by atoms with Crippen LogP contribution in [0.5, 0.6) is 5.75 Å². The molecule has 0 spiro atoms. The Morgan fingerprint density at radius 1 is 1.56 bits per heavy atom. The van der Waals surface area contributed by atoms with Crippen LogP contribution < -0.4 is 10.5 Å². The van der Waals surface area contributed by atoms with Crippen molar-refractivity contribution in [2.24, 2.45) is 5.73 Å². The van der Waals surface area contributed by atoms with Crippen LogP contribution in [0.4, 0.5) is 0 Å². The van der Waals surface area contributed by atoms with Gasteiger partial charge in [-0.3, -0.25) is 0 Å². The van der Waals surface area contributed by atoms with Crippen LogP contribution in [0.25, 0.3) is 0 Å². The molecule has 0 saturated carbocycles. The van der Waals surface area contributed by atoms with Gasteiger partial charge < -0.3 is 15.2 Å². The predicted octanol–water partition coefficient (Wildman–Crippen LogP) is 2.64. The third kappa shape index (κ3) is 2.75. The van der Waals surface area contributed by atoms with Crippen molar-refractivity contribution in [2.45, 2.75) is 25.5 Å². The molecule has 1 saturated heterocycles. The molecule has 1 aliphatic heterocycles. The number of hydrogen-bond donors (Lipinski definition) is 1. The topological polar surface area (TPSA) is 44.5 Å². The summed E-state index contributed by atoms with van der Waals surface area (Å²) in [6, 6.07) is 6.01. The molecule has 1 aromatic carbocycles. The maximum absolute atomic E-state index is 5.83. The highest BCUT2D eigenvalue weighted by Crippen LogP contribution is 2.29. The number of hydrogen-bond acceptors (Lipinski definition) is 3. The number of nitrogens with two attached hydrogens (primary N) is 1. The summed E-state index contributed by atoms with van der Waals surface area (Å²) >= 11 is 3.50. The third-order valence-electron chi connectivity index (χ3n) is 2.66. The summed E-state index contributed by atoms with van der Waals surface area (Å²) in [6.07, 6.45) is 1.14. The molecule has 0 aliphatic carbocycles. The number of benzene rings is 1. The Labute approximate surface area is 104 Å². The minimum atomic E-state index is 0.0418. The zero-order chi connectivity index (χ0) is 11.5. The second kappa shape index (κ2) is 5.17. The smallest absolute Gasteiger partial charge is 0.134 e. The fraction of sp³-hybridized carbons (Fsp3) is 0.500. The minimum Gasteiger partial charge on any atom is -0.487 e. The molecule has 1 aromatic rings. The molecule has 1 unspecified atom stereocenters. The lowest BCUT2D eigenvalue weighted by atomic mass is 10.1. The highest BCUT2D eigenvalue weighted by molar-refractivity contribution is 9.10. The standard InChI is InChI=1S/C12H16BrNO2/c1-8(14)9-2-3-12(11(13)6-9)16-10-4-5-15-7-10/h2-3,6,8,10H,4-5,7,14H2,1H3/t8-,10?/m1/s1. The second-order valence-electron chi connectivity index (χ2n) is 4.08. The largest absolute Gasteiger partial charge is 0.487 e. The number of halogens is 1. The molecule has 16 heavy (non-hydrogen) atoms. The molecule has 3 nitrogen and oxygen atoms in total. The first-order chi connectivity index (χ1) is 7.66. The van der Waals surface area contributed by atoms with Gasteiger partial charge in [-0.25, -0.2) is 0 Å². The van der Waals surface area contributed by atoms with E-state index in [1.165, 1.54) is 0 Å². The lowest BCUT2D eigenvalue weighted by molar-refractivity contribution is 0.141. The maximum Gasteiger partial charge on any atom is 0.134 e. The molecule has 2 atom stereocenters. The quantitative estimate of drug-likeness (QED) is 0.929. The molecular formula is C12H16BrNO2. The first-order valence-electron chi connectivity index (χ1n) is 5.46. The van der Waals surface area contributed by atoms with Gasteiger partial charge >= 0.3 is 0 Å². The molecule has 0 radical (unpaired) electrons. The van der Waals surface area contributed by atoms with Crippen LogP contribution in [-0.4, -0.2) is 19.3 Å². The van der Waals surface area contributed by atoms with Crippen molar-refractivity contribution < 1.29 is 9.47 Å². The summed E-state index contributed by atoms with van der Waals surface area (Å²) in [5.74, 6) is 0.861. The molecule has 1 fully saturated rings. The summed E-state index contributed by atoms with van der Waals surface area (Å²) in [5, 5.41) is 0. The highest BCUT2D eigenvalue weighted by atomic mass is 79.9. The zero-order valence-corrected chi connectivity index (χ0v) is 10.9. The van der Waals surface area contributed by atoms with Gasteiger partial charge in [0.1, 0.15) is 11.9 Å². The van der Waals surface area contributed by atoms with Gasteiger partial charge in [-0.1, -0.05) is 6.07 Å². The van der Waals surface area contributed by atoms with Gasteiger partial charge in [0.15, 0.2) is 0 Å². The first kappa shape index (κ1) is 11.9. The fourth-order valence-corrected chi connectivity index (χ4v) is 2.17. The summed E-state index contributed by atoms with van der Waals surface area (Å²) in [6.45, 7) is 3.44. The van der Waals surface area contributed by atoms with Crippen molar-refractivity contribution >= 4 is 15.9 Å². The molecule has 2 rings (SSSR count). The summed E-state index contributed by atoms with van der Waals surface area (Å²) < 4.78 is 12.1. The Hall–Kier alpha value is -0.580. The van der Waals surface area contributed by atoms with Crippen LogP contribution in [0.15, 0.2) is 22.7 Å². The van der Waals surface area contributed by atoms with Crippen molar-refractivity contribution in [3.8, 4) is 5.75 Å². The molecule has 2 N–H and O–H groups in total. The van der Waals surface area contributed by atoms with E-state index >= 15 is 0 Å². The van der Waals surface area contributed by atoms with E-state index in [9.17, 15) is 0 Å². The maximum atomic E-state index is 5.83. The molecule has 1 heterocycles. The SMILES string of the molecule is C[C@@H](N)c1ccc(OC2CCOC2)c(Br)c1. The third-order valence-corrected chi connectivity index (χ3v) is 3.28. The Morgan fingerprint density at radius 3 is 2.94 bits per heavy atom. The van der Waals surface area contributed by atoms with E-state index in [0.717, 1.165) is 28.8 Å². The Bertz CT molecular complexity index is 362. The Balaban J connectivity index is 2.09. The van der Waals surface area contributed by atoms with Gasteiger partial charge in [0.25, 0.3) is 0 Å². The van der Waals surface area contributed by atoms with Gasteiger partial charge in [0, 0.05) is 12.5 Å². The van der Waals surface area contributed by atoms with Crippen LogP contribution in [0.1, 0.15) is 24.9 Å². The van der Waals surface area contributed by atoms with Gasteiger partial charge in [-0.15, -0.1) is 0 Å². The Morgan fingerprint density at radius 2 is 2.38 bits per heavy atom. The first-order valence-corrected chi connectivity index (χ1v) is 6.25. The van der Waals surface area contributed by atoms with E-state index in [1.54, 1.807) is 0 Å². The van der Waals surface area contributed by atoms with Gasteiger partial charge in [0.05, 0.1) is 17.7 Å². The van der Waals surface area contributed by atoms with E-state index in [1.807, 2.05) is 25.1 Å². The van der Waals surface area contributed by atoms with Crippen molar-refractivity contribution in [3.63, 3.8) is 0 Å². The monoisotopic (exact) mass is 285 g/mol. The van der Waals surface area contributed by atoms with Gasteiger partial charge in [-0.05, 0) is 40.5 Å². The minimum absolute atomic E-state index is 0.0418. The van der Waals surface area contributed by atoms with Gasteiger partial charge in [-0.2, -0.15) is 0 Å². The Kier molecular flexibility index (Phi) is 3.84. The van der Waals surface area contributed by atoms with Gasteiger partial charge in [0.2, 0.25) is 0 Å². The van der Waals surface area contributed by atoms with Crippen molar-refractivity contribution in [3.05, 3.63) is 28.2 Å². The molecule has 0 aromatic heterocycles. The molecule has 0 bridgehead atoms. The predicted molar refractivity (Wildman–Crippen MR) is 66.6 cm³/mol. The average Bonchev–Trinajstić information content (AvgIpc) is 2.73. The molecule has 1 aliphatic rings. The van der Waals surface area contributed by atoms with Crippen LogP contribution in [0.2, 0.25) is 0 Å². The fourth-order valence-electron chi connectivity index (χ4n) is 1.68. The molecular weight excluding hydrogens is 270 g/mol. The van der Waals surface area contributed by atoms with E-state index in [0.29, 0.717) is 6.61 Å². The summed E-state index contributed by atoms with van der Waals surface area (Å²) in [7, 11) is 0. The average molecular weight is 286 g/mol. The van der Waals surface area contributed by atoms with E-state index in [4.69, 9.17) is 15.2 Å². The normalized spacial score (nSPS) is 22.1. The zero-order valence-electron chi connectivity index (χ0n) is 9.28. The van der Waals surface area contributed by atoms with Crippen molar-refractivity contribution in [1.82, 2.24) is 0 Å². The lowest BCUT2D eigenvalue weighted by Gasteiger charge is -2.15. The molecule has 0 amide bonds. The number of ether oxygens (including phenoxy) is 2. The van der Waals surface area contributed by atoms with Crippen LogP contribution in [0.3, 0.4) is 0 Å². The molecule has 88 valence electrons. The van der Waals surface area contributed by atoms with Crippen LogP contribution in [-0.2, 0) is 4.74 Å². The lowest BCUT2D eigenvalue weighted by Crippen LogP contribution is -2.16. The van der Waals surface area contributed by atoms with Crippen LogP contribution >= 0.6 is 15.9 Å². The van der Waals surface area contributed by atoms with E-state index in [2.05, 4.69) is 15.9 Å². The van der Waals surface area contributed by atoms with E-state index < -0.39 is 0 Å².